The molecule has 0 bridgehead atoms. The van der Waals surface area contributed by atoms with Crippen LogP contribution in [0.3, 0.4) is 0 Å². The van der Waals surface area contributed by atoms with Gasteiger partial charge in [-0.2, -0.15) is 4.98 Å². The van der Waals surface area contributed by atoms with Crippen molar-refractivity contribution in [2.24, 2.45) is 28.2 Å². The molecule has 1 aromatic carbocycles. The molecule has 4 N–H and O–H groups in total. The summed E-state index contributed by atoms with van der Waals surface area (Å²) in [6.07, 6.45) is 6.47. The van der Waals surface area contributed by atoms with Crippen molar-refractivity contribution in [3.05, 3.63) is 109 Å². The minimum atomic E-state index is -0.866. The highest BCUT2D eigenvalue weighted by molar-refractivity contribution is 6.08. The van der Waals surface area contributed by atoms with Gasteiger partial charge < -0.3 is 39.5 Å². The fourth-order valence-electron chi connectivity index (χ4n) is 6.20. The molecule has 2 aliphatic rings. The third-order valence-corrected chi connectivity index (χ3v) is 8.99. The van der Waals surface area contributed by atoms with Crippen molar-refractivity contribution < 1.29 is 24.1 Å². The number of non-ortho nitro benzene ring substituents is 1. The molecule has 5 heterocycles. The lowest BCUT2D eigenvalue weighted by atomic mass is 10.1. The largest absolute Gasteiger partial charge is 0.352 e. The predicted octanol–water partition coefficient (Wildman–Crippen LogP) is 2.80. The Hall–Kier alpha value is -7.31. The standard InChI is InChI=1S/C36H37N11O8/c1-6-7-11-37-32(49)27-13-21(17-42(27)2)39-34(51)29-14-22(18-44(29)4)40-33(50)28-12-20(16-43(28)3)38-30(48)19-46-25-9-8-10-26(47(54)55)23(25)15-24-31(46)41-36(53)45(5)35(24)52/h8-10,12-18H,6-7,11,19H2,1-5H3,(H,37,49)(H,38,48)(H,39,51)(H,40,50). The van der Waals surface area contributed by atoms with E-state index in [1.54, 1.807) is 44.2 Å². The number of aromatic nitrogens is 6. The lowest BCUT2D eigenvalue weighted by Gasteiger charge is -2.17. The van der Waals surface area contributed by atoms with Crippen LogP contribution in [-0.2, 0) is 39.5 Å². The Labute approximate surface area is 311 Å². The number of aryl methyl sites for hydroxylation is 3. The SMILES string of the molecule is CCCCNC(=O)c1cc(NC(=O)c2cc(NC(=O)c3cc(NC(=O)Cn4c5nc(=O)n(C)c(=O)c-5cc5c([N+](=O)[O-])cccc54)cn3C)cn2C)cn1C. The Morgan fingerprint density at radius 3 is 1.87 bits per heavy atom. The van der Waals surface area contributed by atoms with Gasteiger partial charge in [0.15, 0.2) is 5.82 Å². The van der Waals surface area contributed by atoms with Crippen molar-refractivity contribution in [3.63, 3.8) is 0 Å². The lowest BCUT2D eigenvalue weighted by Crippen LogP contribution is -2.36. The summed E-state index contributed by atoms with van der Waals surface area (Å²) in [6, 6.07) is 9.97. The van der Waals surface area contributed by atoms with Crippen LogP contribution in [0.25, 0.3) is 22.3 Å². The zero-order valence-electron chi connectivity index (χ0n) is 30.5. The van der Waals surface area contributed by atoms with Crippen LogP contribution in [-0.4, -0.2) is 62.9 Å². The quantitative estimate of drug-likeness (QED) is 0.0623. The molecule has 4 aromatic rings. The summed E-state index contributed by atoms with van der Waals surface area (Å²) in [5.41, 5.74) is -0.0608. The molecule has 0 saturated carbocycles. The van der Waals surface area contributed by atoms with Crippen molar-refractivity contribution >= 4 is 57.3 Å². The maximum absolute atomic E-state index is 13.4. The van der Waals surface area contributed by atoms with E-state index in [4.69, 9.17) is 0 Å². The van der Waals surface area contributed by atoms with E-state index in [0.717, 1.165) is 17.4 Å². The first-order valence-corrected chi connectivity index (χ1v) is 17.0. The van der Waals surface area contributed by atoms with Crippen molar-refractivity contribution in [2.45, 2.75) is 26.3 Å². The van der Waals surface area contributed by atoms with Crippen molar-refractivity contribution in [3.8, 4) is 11.4 Å². The van der Waals surface area contributed by atoms with E-state index < -0.39 is 40.4 Å². The van der Waals surface area contributed by atoms with Crippen molar-refractivity contribution in [2.75, 3.05) is 22.5 Å². The van der Waals surface area contributed by atoms with Gasteiger partial charge in [0.2, 0.25) is 5.91 Å². The van der Waals surface area contributed by atoms with Crippen molar-refractivity contribution in [1.82, 2.24) is 33.1 Å². The van der Waals surface area contributed by atoms with Gasteiger partial charge in [0.1, 0.15) is 23.6 Å². The maximum Gasteiger partial charge on any atom is 0.352 e. The molecule has 0 aliphatic carbocycles. The number of pyridine rings is 1. The summed E-state index contributed by atoms with van der Waals surface area (Å²) in [5.74, 6) is -2.03. The summed E-state index contributed by atoms with van der Waals surface area (Å²) in [4.78, 5) is 93.1. The number of hydrogen-bond acceptors (Lipinski definition) is 9. The molecule has 19 heteroatoms. The number of amides is 4. The summed E-state index contributed by atoms with van der Waals surface area (Å²) in [5, 5.41) is 22.9. The number of nitro benzene ring substituents is 1. The van der Waals surface area contributed by atoms with E-state index in [0.29, 0.717) is 23.6 Å². The van der Waals surface area contributed by atoms with Crippen LogP contribution in [0.2, 0.25) is 0 Å². The number of fused-ring (bicyclic) bond motifs is 2. The molecule has 0 radical (unpaired) electrons. The molecule has 0 atom stereocenters. The fraction of sp³-hybridized carbons (Fsp3) is 0.250. The van der Waals surface area contributed by atoms with E-state index >= 15 is 0 Å². The number of anilines is 3. The molecule has 0 unspecified atom stereocenters. The van der Waals surface area contributed by atoms with E-state index in [2.05, 4.69) is 26.3 Å². The molecule has 19 nitrogen and oxygen atoms in total. The third kappa shape index (κ3) is 7.48. The average Bonchev–Trinajstić information content (AvgIpc) is 3.81. The summed E-state index contributed by atoms with van der Waals surface area (Å²) in [7, 11) is 6.16. The second kappa shape index (κ2) is 15.0. The van der Waals surface area contributed by atoms with Gasteiger partial charge in [-0.1, -0.05) is 19.4 Å². The summed E-state index contributed by atoms with van der Waals surface area (Å²) < 4.78 is 6.66. The molecule has 6 rings (SSSR count). The highest BCUT2D eigenvalue weighted by Gasteiger charge is 2.25. The van der Waals surface area contributed by atoms with Gasteiger partial charge in [0.25, 0.3) is 29.0 Å². The van der Waals surface area contributed by atoms with Crippen LogP contribution < -0.4 is 32.5 Å². The highest BCUT2D eigenvalue weighted by Crippen LogP contribution is 2.31. The van der Waals surface area contributed by atoms with Gasteiger partial charge in [-0.25, -0.2) is 4.79 Å². The molecule has 3 aromatic heterocycles. The number of unbranched alkanes of at least 4 members (excludes halogenated alkanes) is 1. The molecule has 2 aliphatic heterocycles. The fourth-order valence-corrected chi connectivity index (χ4v) is 6.20. The third-order valence-electron chi connectivity index (χ3n) is 8.99. The van der Waals surface area contributed by atoms with Crippen LogP contribution in [0.5, 0.6) is 0 Å². The molecule has 0 fully saturated rings. The van der Waals surface area contributed by atoms with Crippen LogP contribution in [0.15, 0.2) is 70.6 Å². The number of hydrogen-bond donors (Lipinski definition) is 4. The second-order valence-electron chi connectivity index (χ2n) is 12.9. The van der Waals surface area contributed by atoms with Crippen LogP contribution in [0, 0.1) is 10.1 Å². The highest BCUT2D eigenvalue weighted by atomic mass is 16.6. The van der Waals surface area contributed by atoms with Crippen LogP contribution in [0.4, 0.5) is 22.7 Å². The van der Waals surface area contributed by atoms with Gasteiger partial charge in [-0.05, 0) is 36.8 Å². The van der Waals surface area contributed by atoms with Crippen LogP contribution in [0.1, 0.15) is 51.2 Å². The number of benzene rings is 1. The molecular weight excluding hydrogens is 714 g/mol. The van der Waals surface area contributed by atoms with Gasteiger partial charge in [0, 0.05) is 59.4 Å². The monoisotopic (exact) mass is 751 g/mol. The minimum absolute atomic E-state index is 0.0713. The number of nitro groups is 1. The number of nitrogens with zero attached hydrogens (tertiary/aromatic N) is 7. The molecule has 0 spiro atoms. The van der Waals surface area contributed by atoms with E-state index in [-0.39, 0.29) is 51.0 Å². The van der Waals surface area contributed by atoms with Gasteiger partial charge in [-0.3, -0.25) is 38.7 Å². The van der Waals surface area contributed by atoms with Crippen LogP contribution >= 0.6 is 0 Å². The first-order valence-electron chi connectivity index (χ1n) is 17.0. The number of rotatable bonds is 12. The molecular formula is C36H37N11O8. The number of carbonyl (C=O) groups excluding carboxylic acids is 4. The maximum atomic E-state index is 13.4. The Bertz CT molecular complexity index is 2620. The zero-order valence-corrected chi connectivity index (χ0v) is 30.5. The average molecular weight is 752 g/mol. The number of carbonyl (C=O) groups is 4. The Kier molecular flexibility index (Phi) is 10.2. The molecule has 4 amide bonds. The minimum Gasteiger partial charge on any atom is -0.351 e. The van der Waals surface area contributed by atoms with E-state index in [9.17, 15) is 38.9 Å². The molecule has 0 saturated heterocycles. The van der Waals surface area contributed by atoms with Gasteiger partial charge in [-0.15, -0.1) is 0 Å². The Morgan fingerprint density at radius 1 is 0.782 bits per heavy atom. The summed E-state index contributed by atoms with van der Waals surface area (Å²) in [6.45, 7) is 2.08. The first-order chi connectivity index (χ1) is 26.2. The topological polar surface area (TPSA) is 231 Å². The predicted molar refractivity (Wildman–Crippen MR) is 203 cm³/mol. The summed E-state index contributed by atoms with van der Waals surface area (Å²) >= 11 is 0. The molecule has 55 heavy (non-hydrogen) atoms. The zero-order chi connectivity index (χ0) is 39.7. The number of nitrogens with one attached hydrogen (secondary N) is 4. The Balaban J connectivity index is 1.16. The van der Waals surface area contributed by atoms with Crippen molar-refractivity contribution in [1.29, 1.82) is 0 Å². The second-order valence-corrected chi connectivity index (χ2v) is 12.9. The Morgan fingerprint density at radius 2 is 1.33 bits per heavy atom. The van der Waals surface area contributed by atoms with Gasteiger partial charge in [0.05, 0.1) is 38.5 Å². The lowest BCUT2D eigenvalue weighted by molar-refractivity contribution is -0.383. The molecule has 284 valence electrons. The van der Waals surface area contributed by atoms with Gasteiger partial charge >= 0.3 is 5.69 Å². The smallest absolute Gasteiger partial charge is 0.351 e. The van der Waals surface area contributed by atoms with E-state index in [1.165, 1.54) is 63.3 Å². The normalized spacial score (nSPS) is 11.1. The van der Waals surface area contributed by atoms with E-state index in [1.807, 2.05) is 6.92 Å². The first kappa shape index (κ1) is 37.4.